The summed E-state index contributed by atoms with van der Waals surface area (Å²) in [6, 6.07) is 4.47. The van der Waals surface area contributed by atoms with Crippen LogP contribution in [0.3, 0.4) is 0 Å². The molecule has 96 valence electrons. The lowest BCUT2D eigenvalue weighted by molar-refractivity contribution is 0.172. The van der Waals surface area contributed by atoms with Crippen molar-refractivity contribution in [1.82, 2.24) is 0 Å². The van der Waals surface area contributed by atoms with Crippen LogP contribution in [0, 0.1) is 5.82 Å². The van der Waals surface area contributed by atoms with Crippen molar-refractivity contribution in [3.63, 3.8) is 0 Å². The minimum Gasteiger partial charge on any atom is -0.493 e. The zero-order valence-corrected chi connectivity index (χ0v) is 10.2. The molecule has 0 aromatic heterocycles. The first-order chi connectivity index (χ1) is 8.17. The molecule has 0 aliphatic rings. The summed E-state index contributed by atoms with van der Waals surface area (Å²) >= 11 is 0. The monoisotopic (exact) mass is 241 g/mol. The number of aliphatic hydroxyl groups excluding tert-OH is 1. The van der Waals surface area contributed by atoms with E-state index in [9.17, 15) is 9.50 Å². The standard InChI is InChI=1S/C13H20FNO2/c1-2-7-17-13-6-4-11(14)8-10(13)3-5-12(16)9-15/h4,6,8,12,16H,2-3,5,7,9,15H2,1H3. The highest BCUT2D eigenvalue weighted by molar-refractivity contribution is 5.34. The van der Waals surface area contributed by atoms with Crippen LogP contribution in [0.1, 0.15) is 25.3 Å². The minimum atomic E-state index is -0.544. The van der Waals surface area contributed by atoms with E-state index in [1.165, 1.54) is 12.1 Å². The number of benzene rings is 1. The summed E-state index contributed by atoms with van der Waals surface area (Å²) in [7, 11) is 0. The molecule has 17 heavy (non-hydrogen) atoms. The van der Waals surface area contributed by atoms with Crippen molar-refractivity contribution in [2.24, 2.45) is 5.73 Å². The van der Waals surface area contributed by atoms with E-state index in [-0.39, 0.29) is 12.4 Å². The second-order valence-corrected chi connectivity index (χ2v) is 4.03. The van der Waals surface area contributed by atoms with E-state index >= 15 is 0 Å². The summed E-state index contributed by atoms with van der Waals surface area (Å²) < 4.78 is 18.7. The topological polar surface area (TPSA) is 55.5 Å². The van der Waals surface area contributed by atoms with Crippen molar-refractivity contribution in [2.45, 2.75) is 32.3 Å². The second kappa shape index (κ2) is 7.25. The van der Waals surface area contributed by atoms with Gasteiger partial charge in [-0.1, -0.05) is 6.92 Å². The molecule has 0 amide bonds. The minimum absolute atomic E-state index is 0.223. The van der Waals surface area contributed by atoms with Crippen molar-refractivity contribution in [3.05, 3.63) is 29.6 Å². The lowest BCUT2D eigenvalue weighted by atomic mass is 10.1. The summed E-state index contributed by atoms with van der Waals surface area (Å²) in [5.41, 5.74) is 6.11. The van der Waals surface area contributed by atoms with E-state index < -0.39 is 6.10 Å². The molecule has 1 aromatic carbocycles. The van der Waals surface area contributed by atoms with Crippen molar-refractivity contribution in [2.75, 3.05) is 13.2 Å². The fraction of sp³-hybridized carbons (Fsp3) is 0.538. The summed E-state index contributed by atoms with van der Waals surface area (Å²) in [6.45, 7) is 2.85. The van der Waals surface area contributed by atoms with E-state index in [4.69, 9.17) is 10.5 Å². The molecule has 0 aliphatic carbocycles. The Hall–Kier alpha value is -1.13. The number of halogens is 1. The van der Waals surface area contributed by atoms with Crippen LogP contribution in [-0.4, -0.2) is 24.4 Å². The first kappa shape index (κ1) is 13.9. The van der Waals surface area contributed by atoms with Crippen LogP contribution in [-0.2, 0) is 6.42 Å². The van der Waals surface area contributed by atoms with Crippen LogP contribution in [0.15, 0.2) is 18.2 Å². The zero-order valence-electron chi connectivity index (χ0n) is 10.2. The van der Waals surface area contributed by atoms with Gasteiger partial charge in [0.1, 0.15) is 11.6 Å². The Labute approximate surface area is 101 Å². The first-order valence-corrected chi connectivity index (χ1v) is 5.96. The number of rotatable bonds is 7. The van der Waals surface area contributed by atoms with Gasteiger partial charge in [-0.25, -0.2) is 4.39 Å². The Balaban J connectivity index is 2.69. The van der Waals surface area contributed by atoms with E-state index in [0.29, 0.717) is 25.2 Å². The number of hydrogen-bond donors (Lipinski definition) is 2. The van der Waals surface area contributed by atoms with Gasteiger partial charge < -0.3 is 15.6 Å². The average molecular weight is 241 g/mol. The molecule has 1 atom stereocenters. The Morgan fingerprint density at radius 3 is 2.88 bits per heavy atom. The van der Waals surface area contributed by atoms with Crippen LogP contribution < -0.4 is 10.5 Å². The first-order valence-electron chi connectivity index (χ1n) is 5.96. The molecule has 0 saturated carbocycles. The third kappa shape index (κ3) is 4.71. The Kier molecular flexibility index (Phi) is 5.94. The Morgan fingerprint density at radius 2 is 2.24 bits per heavy atom. The Morgan fingerprint density at radius 1 is 1.47 bits per heavy atom. The van der Waals surface area contributed by atoms with Crippen LogP contribution in [0.4, 0.5) is 4.39 Å². The fourth-order valence-electron chi connectivity index (χ4n) is 1.54. The van der Waals surface area contributed by atoms with E-state index in [1.807, 2.05) is 6.92 Å². The molecule has 1 unspecified atom stereocenters. The van der Waals surface area contributed by atoms with Gasteiger partial charge in [-0.2, -0.15) is 0 Å². The highest BCUT2D eigenvalue weighted by Gasteiger charge is 2.08. The number of aryl methyl sites for hydroxylation is 1. The lowest BCUT2D eigenvalue weighted by Gasteiger charge is -2.12. The molecular formula is C13H20FNO2. The predicted octanol–water partition coefficient (Wildman–Crippen LogP) is 1.87. The molecule has 0 heterocycles. The van der Waals surface area contributed by atoms with Crippen molar-refractivity contribution >= 4 is 0 Å². The predicted molar refractivity (Wildman–Crippen MR) is 65.6 cm³/mol. The third-order valence-corrected chi connectivity index (χ3v) is 2.50. The van der Waals surface area contributed by atoms with Crippen LogP contribution in [0.2, 0.25) is 0 Å². The van der Waals surface area contributed by atoms with Crippen molar-refractivity contribution < 1.29 is 14.2 Å². The maximum Gasteiger partial charge on any atom is 0.123 e. The van der Waals surface area contributed by atoms with Gasteiger partial charge in [0.25, 0.3) is 0 Å². The van der Waals surface area contributed by atoms with E-state index in [0.717, 1.165) is 12.0 Å². The number of aliphatic hydroxyl groups is 1. The summed E-state index contributed by atoms with van der Waals surface area (Å²) in [4.78, 5) is 0. The summed E-state index contributed by atoms with van der Waals surface area (Å²) in [5.74, 6) is 0.406. The van der Waals surface area contributed by atoms with Gasteiger partial charge >= 0.3 is 0 Å². The maximum absolute atomic E-state index is 13.1. The number of ether oxygens (including phenoxy) is 1. The van der Waals surface area contributed by atoms with Crippen LogP contribution in [0.5, 0.6) is 5.75 Å². The summed E-state index contributed by atoms with van der Waals surface area (Å²) in [6.07, 6.45) is 1.44. The van der Waals surface area contributed by atoms with Gasteiger partial charge in [-0.05, 0) is 43.0 Å². The van der Waals surface area contributed by atoms with Crippen LogP contribution >= 0.6 is 0 Å². The molecule has 1 rings (SSSR count). The molecule has 0 saturated heterocycles. The maximum atomic E-state index is 13.1. The zero-order chi connectivity index (χ0) is 12.7. The highest BCUT2D eigenvalue weighted by Crippen LogP contribution is 2.22. The fourth-order valence-corrected chi connectivity index (χ4v) is 1.54. The molecule has 0 aliphatic heterocycles. The smallest absolute Gasteiger partial charge is 0.123 e. The largest absolute Gasteiger partial charge is 0.493 e. The molecule has 0 bridgehead atoms. The number of nitrogens with two attached hydrogens (primary N) is 1. The van der Waals surface area contributed by atoms with E-state index in [1.54, 1.807) is 6.07 Å². The van der Waals surface area contributed by atoms with Gasteiger partial charge in [0.15, 0.2) is 0 Å². The average Bonchev–Trinajstić information content (AvgIpc) is 2.34. The normalized spacial score (nSPS) is 12.5. The molecule has 0 spiro atoms. The molecule has 1 aromatic rings. The van der Waals surface area contributed by atoms with Gasteiger partial charge in [0.05, 0.1) is 12.7 Å². The van der Waals surface area contributed by atoms with Crippen molar-refractivity contribution in [3.8, 4) is 5.75 Å². The highest BCUT2D eigenvalue weighted by atomic mass is 19.1. The van der Waals surface area contributed by atoms with Crippen LogP contribution in [0.25, 0.3) is 0 Å². The van der Waals surface area contributed by atoms with Gasteiger partial charge in [-0.15, -0.1) is 0 Å². The molecule has 0 fully saturated rings. The van der Waals surface area contributed by atoms with Gasteiger partial charge in [0, 0.05) is 6.54 Å². The van der Waals surface area contributed by atoms with E-state index in [2.05, 4.69) is 0 Å². The third-order valence-electron chi connectivity index (χ3n) is 2.50. The number of hydrogen-bond acceptors (Lipinski definition) is 3. The lowest BCUT2D eigenvalue weighted by Crippen LogP contribution is -2.20. The molecule has 0 radical (unpaired) electrons. The van der Waals surface area contributed by atoms with Crippen molar-refractivity contribution in [1.29, 1.82) is 0 Å². The summed E-state index contributed by atoms with van der Waals surface area (Å²) in [5, 5.41) is 9.40. The quantitative estimate of drug-likeness (QED) is 0.766. The SMILES string of the molecule is CCCOc1ccc(F)cc1CCC(O)CN. The molecular weight excluding hydrogens is 221 g/mol. The van der Waals surface area contributed by atoms with Gasteiger partial charge in [-0.3, -0.25) is 0 Å². The Bertz CT molecular complexity index is 344. The molecule has 3 N–H and O–H groups in total. The van der Waals surface area contributed by atoms with Gasteiger partial charge in [0.2, 0.25) is 0 Å². The second-order valence-electron chi connectivity index (χ2n) is 4.03. The molecule has 4 heteroatoms. The molecule has 3 nitrogen and oxygen atoms in total.